The topological polar surface area (TPSA) is 67.2 Å². The van der Waals surface area contributed by atoms with Crippen LogP contribution in [0.3, 0.4) is 0 Å². The summed E-state index contributed by atoms with van der Waals surface area (Å²) in [5, 5.41) is 3.98. The molecule has 4 rings (SSSR count). The van der Waals surface area contributed by atoms with Crippen molar-refractivity contribution in [1.82, 2.24) is 19.8 Å². The fourth-order valence-corrected chi connectivity index (χ4v) is 4.81. The number of amides is 2. The molecule has 0 radical (unpaired) electrons. The molecule has 1 atom stereocenters. The van der Waals surface area contributed by atoms with Crippen molar-refractivity contribution < 1.29 is 9.59 Å². The molecule has 0 spiro atoms. The highest BCUT2D eigenvalue weighted by Gasteiger charge is 2.22. The van der Waals surface area contributed by atoms with Crippen LogP contribution in [-0.4, -0.2) is 45.9 Å². The summed E-state index contributed by atoms with van der Waals surface area (Å²) in [6.45, 7) is 2.45. The Hall–Kier alpha value is -3.45. The Morgan fingerprint density at radius 3 is 2.64 bits per heavy atom. The van der Waals surface area contributed by atoms with E-state index in [1.807, 2.05) is 69.7 Å². The van der Waals surface area contributed by atoms with Crippen molar-refractivity contribution in [3.8, 4) is 0 Å². The number of nitrogens with zero attached hydrogens (tertiary/aromatic N) is 3. The van der Waals surface area contributed by atoms with Crippen molar-refractivity contribution in [3.05, 3.63) is 88.7 Å². The van der Waals surface area contributed by atoms with E-state index in [0.717, 1.165) is 20.8 Å². The number of rotatable bonds is 8. The molecule has 170 valence electrons. The molecule has 0 aliphatic carbocycles. The minimum atomic E-state index is -0.112. The highest BCUT2D eigenvalue weighted by Crippen LogP contribution is 2.23. The SMILES string of the molecule is Cc1nc2cc(C(=O)N(C)[C@H](CCNC(=O)c3cccn3C)Cc3ccccc3)ccc2s1. The predicted molar refractivity (Wildman–Crippen MR) is 133 cm³/mol. The van der Waals surface area contributed by atoms with Crippen LogP contribution < -0.4 is 5.32 Å². The lowest BCUT2D eigenvalue weighted by molar-refractivity contribution is 0.0723. The minimum Gasteiger partial charge on any atom is -0.351 e. The molecule has 0 saturated heterocycles. The van der Waals surface area contributed by atoms with Gasteiger partial charge >= 0.3 is 0 Å². The van der Waals surface area contributed by atoms with E-state index in [1.54, 1.807) is 26.9 Å². The third-order valence-corrected chi connectivity index (χ3v) is 6.82. The van der Waals surface area contributed by atoms with Gasteiger partial charge in [0.05, 0.1) is 15.2 Å². The third kappa shape index (κ3) is 5.31. The number of thiazole rings is 1. The molecule has 2 aromatic heterocycles. The Labute approximate surface area is 197 Å². The number of carbonyl (C=O) groups excluding carboxylic acids is 2. The largest absolute Gasteiger partial charge is 0.351 e. The molecule has 2 heterocycles. The van der Waals surface area contributed by atoms with Crippen LogP contribution in [0.1, 0.15) is 37.8 Å². The number of aryl methyl sites for hydroxylation is 2. The number of hydrogen-bond acceptors (Lipinski definition) is 4. The van der Waals surface area contributed by atoms with Gasteiger partial charge in [-0.05, 0) is 55.7 Å². The summed E-state index contributed by atoms with van der Waals surface area (Å²) in [6, 6.07) is 19.4. The van der Waals surface area contributed by atoms with Crippen LogP contribution in [0.5, 0.6) is 0 Å². The van der Waals surface area contributed by atoms with E-state index >= 15 is 0 Å². The van der Waals surface area contributed by atoms with Gasteiger partial charge in [-0.25, -0.2) is 4.98 Å². The summed E-state index contributed by atoms with van der Waals surface area (Å²) in [6.07, 6.45) is 3.20. The van der Waals surface area contributed by atoms with Gasteiger partial charge in [-0.3, -0.25) is 9.59 Å². The summed E-state index contributed by atoms with van der Waals surface area (Å²) in [5.41, 5.74) is 3.25. The zero-order chi connectivity index (χ0) is 23.4. The number of hydrogen-bond donors (Lipinski definition) is 1. The first-order valence-electron chi connectivity index (χ1n) is 11.0. The minimum absolute atomic E-state index is 0.0442. The van der Waals surface area contributed by atoms with Crippen molar-refractivity contribution in [2.24, 2.45) is 7.05 Å². The van der Waals surface area contributed by atoms with E-state index in [-0.39, 0.29) is 17.9 Å². The van der Waals surface area contributed by atoms with E-state index in [4.69, 9.17) is 0 Å². The molecule has 0 unspecified atom stereocenters. The smallest absolute Gasteiger partial charge is 0.267 e. The van der Waals surface area contributed by atoms with Crippen molar-refractivity contribution >= 4 is 33.4 Å². The van der Waals surface area contributed by atoms with Crippen molar-refractivity contribution in [3.63, 3.8) is 0 Å². The predicted octanol–water partition coefficient (Wildman–Crippen LogP) is 4.45. The average Bonchev–Trinajstić information content (AvgIpc) is 3.41. The zero-order valence-corrected chi connectivity index (χ0v) is 19.9. The quantitative estimate of drug-likeness (QED) is 0.423. The molecule has 6 nitrogen and oxygen atoms in total. The number of carbonyl (C=O) groups is 2. The van der Waals surface area contributed by atoms with Gasteiger partial charge in [0.1, 0.15) is 5.69 Å². The molecule has 0 saturated carbocycles. The Morgan fingerprint density at radius 1 is 1.12 bits per heavy atom. The van der Waals surface area contributed by atoms with E-state index in [2.05, 4.69) is 22.4 Å². The van der Waals surface area contributed by atoms with E-state index in [9.17, 15) is 9.59 Å². The van der Waals surface area contributed by atoms with Gasteiger partial charge in [0.15, 0.2) is 0 Å². The van der Waals surface area contributed by atoms with Gasteiger partial charge in [0, 0.05) is 38.4 Å². The van der Waals surface area contributed by atoms with Crippen LogP contribution in [0.15, 0.2) is 66.9 Å². The molecule has 0 aliphatic rings. The highest BCUT2D eigenvalue weighted by atomic mass is 32.1. The van der Waals surface area contributed by atoms with Crippen LogP contribution in [0.25, 0.3) is 10.2 Å². The normalized spacial score (nSPS) is 12.0. The number of benzene rings is 2. The summed E-state index contributed by atoms with van der Waals surface area (Å²) in [4.78, 5) is 32.2. The molecular weight excluding hydrogens is 432 g/mol. The van der Waals surface area contributed by atoms with Gasteiger partial charge in [0.2, 0.25) is 0 Å². The maximum atomic E-state index is 13.4. The lowest BCUT2D eigenvalue weighted by Crippen LogP contribution is -2.41. The first-order chi connectivity index (χ1) is 15.9. The average molecular weight is 461 g/mol. The number of likely N-dealkylation sites (N-methyl/N-ethyl adjacent to an activating group) is 1. The van der Waals surface area contributed by atoms with Gasteiger partial charge in [0.25, 0.3) is 11.8 Å². The van der Waals surface area contributed by atoms with Crippen LogP contribution >= 0.6 is 11.3 Å². The highest BCUT2D eigenvalue weighted by molar-refractivity contribution is 7.18. The molecular formula is C26H28N4O2S. The fourth-order valence-electron chi connectivity index (χ4n) is 4.00. The second kappa shape index (κ2) is 10.0. The van der Waals surface area contributed by atoms with Gasteiger partial charge in [-0.1, -0.05) is 30.3 Å². The lowest BCUT2D eigenvalue weighted by atomic mass is 10.0. The standard InChI is InChI=1S/C26H28N4O2S/c1-18-28-22-17-20(11-12-24(22)33-18)26(32)30(3)21(16-19-8-5-4-6-9-19)13-14-27-25(31)23-10-7-15-29(23)2/h4-12,15,17,21H,13-14,16H2,1-3H3,(H,27,31)/t21-/m1/s1. The maximum Gasteiger partial charge on any atom is 0.267 e. The molecule has 7 heteroatoms. The monoisotopic (exact) mass is 460 g/mol. The zero-order valence-electron chi connectivity index (χ0n) is 19.1. The fraction of sp³-hybridized carbons (Fsp3) is 0.269. The molecule has 4 aromatic rings. The van der Waals surface area contributed by atoms with Crippen molar-refractivity contribution in [1.29, 1.82) is 0 Å². The van der Waals surface area contributed by atoms with Gasteiger partial charge < -0.3 is 14.8 Å². The Morgan fingerprint density at radius 2 is 1.91 bits per heavy atom. The van der Waals surface area contributed by atoms with E-state index in [0.29, 0.717) is 30.6 Å². The Bertz CT molecular complexity index is 1260. The summed E-state index contributed by atoms with van der Waals surface area (Å²) < 4.78 is 2.87. The third-order valence-electron chi connectivity index (χ3n) is 5.86. The van der Waals surface area contributed by atoms with Crippen molar-refractivity contribution in [2.45, 2.75) is 25.8 Å². The maximum absolute atomic E-state index is 13.4. The molecule has 2 amide bonds. The molecule has 0 aliphatic heterocycles. The summed E-state index contributed by atoms with van der Waals surface area (Å²) in [7, 11) is 3.69. The molecule has 0 bridgehead atoms. The van der Waals surface area contributed by atoms with E-state index in [1.165, 1.54) is 0 Å². The van der Waals surface area contributed by atoms with Gasteiger partial charge in [-0.2, -0.15) is 0 Å². The van der Waals surface area contributed by atoms with E-state index < -0.39 is 0 Å². The lowest BCUT2D eigenvalue weighted by Gasteiger charge is -2.29. The molecule has 2 aromatic carbocycles. The Balaban J connectivity index is 1.49. The van der Waals surface area contributed by atoms with Crippen molar-refractivity contribution in [2.75, 3.05) is 13.6 Å². The summed E-state index contributed by atoms with van der Waals surface area (Å²) in [5.74, 6) is -0.156. The van der Waals surface area contributed by atoms with Crippen LogP contribution in [0.4, 0.5) is 0 Å². The first-order valence-corrected chi connectivity index (χ1v) is 11.8. The number of fused-ring (bicyclic) bond motifs is 1. The number of nitrogens with one attached hydrogen (secondary N) is 1. The molecule has 33 heavy (non-hydrogen) atoms. The summed E-state index contributed by atoms with van der Waals surface area (Å²) >= 11 is 1.62. The Kier molecular flexibility index (Phi) is 6.89. The van der Waals surface area contributed by atoms with Crippen LogP contribution in [-0.2, 0) is 13.5 Å². The first kappa shape index (κ1) is 22.7. The number of aromatic nitrogens is 2. The second-order valence-electron chi connectivity index (χ2n) is 8.22. The van der Waals surface area contributed by atoms with Crippen LogP contribution in [0, 0.1) is 6.92 Å². The van der Waals surface area contributed by atoms with Crippen LogP contribution in [0.2, 0.25) is 0 Å². The van der Waals surface area contributed by atoms with Gasteiger partial charge in [-0.15, -0.1) is 11.3 Å². The molecule has 1 N–H and O–H groups in total. The second-order valence-corrected chi connectivity index (χ2v) is 9.46. The molecule has 0 fully saturated rings.